The summed E-state index contributed by atoms with van der Waals surface area (Å²) in [7, 11) is -0.356. The van der Waals surface area contributed by atoms with Gasteiger partial charge in [-0.05, 0) is 91.5 Å². The van der Waals surface area contributed by atoms with Gasteiger partial charge in [0.2, 0.25) is 0 Å². The summed E-state index contributed by atoms with van der Waals surface area (Å²) in [5, 5.41) is 2.61. The summed E-state index contributed by atoms with van der Waals surface area (Å²) < 4.78 is 15.0. The Balaban J connectivity index is 0.00000164. The average Bonchev–Trinajstić information content (AvgIpc) is 3.28. The molecule has 3 nitrogen and oxygen atoms in total. The maximum absolute atomic E-state index is 6.28. The molecule has 2 heterocycles. The smallest absolute Gasteiger partial charge is 0.399 e. The number of hydrogen-bond acceptors (Lipinski definition) is 2. The van der Waals surface area contributed by atoms with Crippen LogP contribution in [0.2, 0.25) is 0 Å². The lowest BCUT2D eigenvalue weighted by atomic mass is 9.79. The largest absolute Gasteiger partial charge is 0.494 e. The van der Waals surface area contributed by atoms with Gasteiger partial charge in [0.25, 0.3) is 0 Å². The maximum Gasteiger partial charge on any atom is 0.494 e. The van der Waals surface area contributed by atoms with E-state index in [2.05, 4.69) is 134 Å². The van der Waals surface area contributed by atoms with Crippen LogP contribution < -0.4 is 5.46 Å². The molecule has 1 aliphatic heterocycles. The first-order valence-corrected chi connectivity index (χ1v) is 14.1. The van der Waals surface area contributed by atoms with E-state index in [0.717, 1.165) is 11.2 Å². The fourth-order valence-corrected chi connectivity index (χ4v) is 4.99. The Labute approximate surface area is 230 Å². The van der Waals surface area contributed by atoms with Gasteiger partial charge in [-0.25, -0.2) is 0 Å². The van der Waals surface area contributed by atoms with Crippen molar-refractivity contribution in [1.29, 1.82) is 0 Å². The third-order valence-electron chi connectivity index (χ3n) is 8.17. The highest BCUT2D eigenvalue weighted by Gasteiger charge is 2.51. The van der Waals surface area contributed by atoms with Crippen molar-refractivity contribution in [2.75, 3.05) is 0 Å². The number of benzene rings is 3. The Hall–Kier alpha value is -2.56. The van der Waals surface area contributed by atoms with Crippen LogP contribution in [0.15, 0.2) is 60.7 Å². The Morgan fingerprint density at radius 1 is 0.605 bits per heavy atom. The summed E-state index contributed by atoms with van der Waals surface area (Å²) in [5.74, 6) is 0. The van der Waals surface area contributed by atoms with Crippen molar-refractivity contribution >= 4 is 34.4 Å². The van der Waals surface area contributed by atoms with Gasteiger partial charge in [0.15, 0.2) is 0 Å². The SMILES string of the molecule is CC.CC(C)(C)c1ccc2c(c1)c1cc(C(C)(C)C)ccc1n2-c1ccc(B2OC(C)(C)C(C)(C)O2)cc1. The fraction of sp³-hybridized carbons (Fsp3) is 0.471. The molecule has 0 spiro atoms. The van der Waals surface area contributed by atoms with Gasteiger partial charge in [-0.15, -0.1) is 0 Å². The highest BCUT2D eigenvalue weighted by molar-refractivity contribution is 6.62. The van der Waals surface area contributed by atoms with E-state index in [0.29, 0.717) is 0 Å². The zero-order chi connectivity index (χ0) is 28.3. The van der Waals surface area contributed by atoms with Gasteiger partial charge in [-0.1, -0.05) is 79.7 Å². The third-order valence-corrected chi connectivity index (χ3v) is 8.17. The number of rotatable bonds is 2. The molecular formula is C34H46BNO2. The van der Waals surface area contributed by atoms with Crippen LogP contribution in [0.4, 0.5) is 0 Å². The van der Waals surface area contributed by atoms with Gasteiger partial charge in [0, 0.05) is 16.5 Å². The van der Waals surface area contributed by atoms with Gasteiger partial charge in [0.1, 0.15) is 0 Å². The van der Waals surface area contributed by atoms with Gasteiger partial charge in [0.05, 0.1) is 22.2 Å². The standard InChI is InChI=1S/C32H40BNO2.C2H6/c1-29(2,3)21-11-17-27-25(19-21)26-20-22(30(4,5)6)12-18-28(26)34(27)24-15-13-23(14-16-24)33-35-31(7,8)32(9,10)36-33;1-2/h11-20H,1-10H3;1-2H3. The average molecular weight is 512 g/mol. The number of fused-ring (bicyclic) bond motifs is 3. The first-order chi connectivity index (χ1) is 17.6. The second kappa shape index (κ2) is 9.57. The second-order valence-electron chi connectivity index (χ2n) is 13.5. The van der Waals surface area contributed by atoms with E-state index in [1.807, 2.05) is 13.8 Å². The first-order valence-electron chi connectivity index (χ1n) is 14.1. The highest BCUT2D eigenvalue weighted by Crippen LogP contribution is 2.38. The molecule has 0 bridgehead atoms. The zero-order valence-electron chi connectivity index (χ0n) is 25.6. The van der Waals surface area contributed by atoms with E-state index in [1.54, 1.807) is 0 Å². The molecule has 0 unspecified atom stereocenters. The van der Waals surface area contributed by atoms with Crippen LogP contribution in [0, 0.1) is 0 Å². The van der Waals surface area contributed by atoms with Gasteiger partial charge >= 0.3 is 7.12 Å². The lowest BCUT2D eigenvalue weighted by Crippen LogP contribution is -2.41. The predicted molar refractivity (Wildman–Crippen MR) is 165 cm³/mol. The third kappa shape index (κ3) is 4.94. The van der Waals surface area contributed by atoms with Crippen LogP contribution in [0.1, 0.15) is 94.2 Å². The molecule has 1 aliphatic rings. The van der Waals surface area contributed by atoms with Crippen LogP contribution in [0.25, 0.3) is 27.5 Å². The molecule has 1 fully saturated rings. The maximum atomic E-state index is 6.28. The van der Waals surface area contributed by atoms with Crippen molar-refractivity contribution in [3.63, 3.8) is 0 Å². The molecule has 0 atom stereocenters. The quantitative estimate of drug-likeness (QED) is 0.251. The minimum atomic E-state index is -0.356. The van der Waals surface area contributed by atoms with Crippen molar-refractivity contribution in [2.45, 2.75) is 105 Å². The van der Waals surface area contributed by atoms with Crippen LogP contribution in [-0.2, 0) is 20.1 Å². The molecule has 1 saturated heterocycles. The lowest BCUT2D eigenvalue weighted by molar-refractivity contribution is 0.00578. The second-order valence-corrected chi connectivity index (χ2v) is 13.5. The molecule has 1 aromatic heterocycles. The lowest BCUT2D eigenvalue weighted by Gasteiger charge is -2.32. The van der Waals surface area contributed by atoms with Gasteiger partial charge in [-0.2, -0.15) is 0 Å². The van der Waals surface area contributed by atoms with E-state index in [-0.39, 0.29) is 29.2 Å². The molecule has 3 aromatic carbocycles. The van der Waals surface area contributed by atoms with Gasteiger partial charge < -0.3 is 13.9 Å². The summed E-state index contributed by atoms with van der Waals surface area (Å²) in [6.45, 7) is 26.1. The van der Waals surface area contributed by atoms with Crippen molar-refractivity contribution in [3.8, 4) is 5.69 Å². The van der Waals surface area contributed by atoms with E-state index in [4.69, 9.17) is 9.31 Å². The molecule has 202 valence electrons. The number of nitrogens with zero attached hydrogens (tertiary/aromatic N) is 1. The summed E-state index contributed by atoms with van der Waals surface area (Å²) >= 11 is 0. The van der Waals surface area contributed by atoms with Crippen molar-refractivity contribution < 1.29 is 9.31 Å². The molecule has 0 radical (unpaired) electrons. The molecule has 4 aromatic rings. The van der Waals surface area contributed by atoms with Crippen LogP contribution in [0.3, 0.4) is 0 Å². The molecular weight excluding hydrogens is 465 g/mol. The van der Waals surface area contributed by atoms with E-state index in [1.165, 1.54) is 32.9 Å². The van der Waals surface area contributed by atoms with Crippen LogP contribution in [0.5, 0.6) is 0 Å². The van der Waals surface area contributed by atoms with Crippen LogP contribution in [-0.4, -0.2) is 22.9 Å². The van der Waals surface area contributed by atoms with E-state index in [9.17, 15) is 0 Å². The minimum absolute atomic E-state index is 0.0920. The summed E-state index contributed by atoms with van der Waals surface area (Å²) in [6.07, 6.45) is 0. The number of hydrogen-bond donors (Lipinski definition) is 0. The Morgan fingerprint density at radius 2 is 1.00 bits per heavy atom. The minimum Gasteiger partial charge on any atom is -0.399 e. The predicted octanol–water partition coefficient (Wildman–Crippen LogP) is 8.70. The molecule has 0 saturated carbocycles. The summed E-state index contributed by atoms with van der Waals surface area (Å²) in [5.41, 5.74) is 6.84. The topological polar surface area (TPSA) is 23.4 Å². The monoisotopic (exact) mass is 511 g/mol. The highest BCUT2D eigenvalue weighted by atomic mass is 16.7. The zero-order valence-corrected chi connectivity index (χ0v) is 25.6. The van der Waals surface area contributed by atoms with Crippen molar-refractivity contribution in [1.82, 2.24) is 4.57 Å². The van der Waals surface area contributed by atoms with Crippen molar-refractivity contribution in [3.05, 3.63) is 71.8 Å². The number of aromatic nitrogens is 1. The van der Waals surface area contributed by atoms with Gasteiger partial charge in [-0.3, -0.25) is 0 Å². The summed E-state index contributed by atoms with van der Waals surface area (Å²) in [4.78, 5) is 0. The summed E-state index contributed by atoms with van der Waals surface area (Å²) in [6, 6.07) is 22.6. The molecule has 0 aliphatic carbocycles. The normalized spacial score (nSPS) is 17.1. The molecule has 5 rings (SSSR count). The van der Waals surface area contributed by atoms with Crippen molar-refractivity contribution in [2.24, 2.45) is 0 Å². The first kappa shape index (κ1) is 28.5. The van der Waals surface area contributed by atoms with E-state index >= 15 is 0 Å². The Morgan fingerprint density at radius 3 is 1.37 bits per heavy atom. The Kier molecular flexibility index (Phi) is 7.17. The Bertz CT molecular complexity index is 1360. The van der Waals surface area contributed by atoms with E-state index < -0.39 is 0 Å². The fourth-order valence-electron chi connectivity index (χ4n) is 4.99. The molecule has 4 heteroatoms. The molecule has 0 N–H and O–H groups in total. The molecule has 0 amide bonds. The van der Waals surface area contributed by atoms with Crippen LogP contribution >= 0.6 is 0 Å². The molecule has 38 heavy (non-hydrogen) atoms.